The Bertz CT molecular complexity index is 597. The van der Waals surface area contributed by atoms with E-state index in [1.54, 1.807) is 6.33 Å². The normalized spacial score (nSPS) is 10.5. The monoisotopic (exact) mass is 290 g/mol. The SMILES string of the molecule is C=CC(=O)OCCCCCCOc1ncnc2nc[nH]c12. The van der Waals surface area contributed by atoms with E-state index >= 15 is 0 Å². The van der Waals surface area contributed by atoms with E-state index in [1.807, 2.05) is 0 Å². The van der Waals surface area contributed by atoms with Gasteiger partial charge in [0, 0.05) is 6.08 Å². The maximum atomic E-state index is 10.8. The second-order valence-corrected chi connectivity index (χ2v) is 4.41. The first-order valence-corrected chi connectivity index (χ1v) is 6.87. The maximum absolute atomic E-state index is 10.8. The van der Waals surface area contributed by atoms with E-state index < -0.39 is 0 Å². The van der Waals surface area contributed by atoms with Gasteiger partial charge in [-0.3, -0.25) is 0 Å². The molecule has 0 fully saturated rings. The van der Waals surface area contributed by atoms with Gasteiger partial charge in [-0.25, -0.2) is 14.8 Å². The van der Waals surface area contributed by atoms with Gasteiger partial charge in [0.2, 0.25) is 5.88 Å². The lowest BCUT2D eigenvalue weighted by Gasteiger charge is -2.05. The van der Waals surface area contributed by atoms with Crippen LogP contribution in [-0.2, 0) is 9.53 Å². The molecular weight excluding hydrogens is 272 g/mol. The van der Waals surface area contributed by atoms with Crippen LogP contribution in [0.5, 0.6) is 5.88 Å². The van der Waals surface area contributed by atoms with E-state index in [1.165, 1.54) is 12.4 Å². The number of nitrogens with one attached hydrogen (secondary N) is 1. The summed E-state index contributed by atoms with van der Waals surface area (Å²) in [5.41, 5.74) is 1.32. The van der Waals surface area contributed by atoms with Crippen LogP contribution in [0.1, 0.15) is 25.7 Å². The molecule has 0 atom stereocenters. The molecule has 0 amide bonds. The molecule has 0 bridgehead atoms. The zero-order valence-corrected chi connectivity index (χ0v) is 11.7. The molecule has 1 N–H and O–H groups in total. The predicted molar refractivity (Wildman–Crippen MR) is 76.8 cm³/mol. The molecule has 0 aliphatic carbocycles. The molecule has 0 unspecified atom stereocenters. The van der Waals surface area contributed by atoms with Crippen LogP contribution in [0.2, 0.25) is 0 Å². The highest BCUT2D eigenvalue weighted by Gasteiger charge is 2.06. The Hall–Kier alpha value is -2.44. The number of hydrogen-bond donors (Lipinski definition) is 1. The first-order valence-electron chi connectivity index (χ1n) is 6.87. The number of imidazole rings is 1. The molecular formula is C14H18N4O3. The summed E-state index contributed by atoms with van der Waals surface area (Å²) in [6.45, 7) is 4.36. The third kappa shape index (κ3) is 4.55. The number of unbranched alkanes of at least 4 members (excludes halogenated alkanes) is 3. The molecule has 0 aliphatic heterocycles. The van der Waals surface area contributed by atoms with Crippen LogP contribution in [0.15, 0.2) is 25.3 Å². The van der Waals surface area contributed by atoms with E-state index in [2.05, 4.69) is 26.5 Å². The molecule has 2 heterocycles. The van der Waals surface area contributed by atoms with Crippen LogP contribution >= 0.6 is 0 Å². The van der Waals surface area contributed by atoms with Gasteiger partial charge >= 0.3 is 5.97 Å². The first-order chi connectivity index (χ1) is 10.3. The minimum absolute atomic E-state index is 0.370. The smallest absolute Gasteiger partial charge is 0.330 e. The molecule has 112 valence electrons. The number of ether oxygens (including phenoxy) is 2. The second-order valence-electron chi connectivity index (χ2n) is 4.41. The van der Waals surface area contributed by atoms with Gasteiger partial charge in [0.1, 0.15) is 11.8 Å². The van der Waals surface area contributed by atoms with E-state index in [9.17, 15) is 4.79 Å². The Kier molecular flexibility index (Phi) is 5.69. The summed E-state index contributed by atoms with van der Waals surface area (Å²) < 4.78 is 10.5. The second kappa shape index (κ2) is 7.98. The van der Waals surface area contributed by atoms with Crippen molar-refractivity contribution in [2.45, 2.75) is 25.7 Å². The number of hydrogen-bond acceptors (Lipinski definition) is 6. The minimum Gasteiger partial charge on any atom is -0.476 e. The summed E-state index contributed by atoms with van der Waals surface area (Å²) in [6, 6.07) is 0. The number of fused-ring (bicyclic) bond motifs is 1. The number of rotatable bonds is 9. The van der Waals surface area contributed by atoms with Crippen molar-refractivity contribution < 1.29 is 14.3 Å². The van der Waals surface area contributed by atoms with Gasteiger partial charge in [0.15, 0.2) is 5.65 Å². The Morgan fingerprint density at radius 1 is 1.19 bits per heavy atom. The average Bonchev–Trinajstić information content (AvgIpc) is 2.98. The topological polar surface area (TPSA) is 90.0 Å². The lowest BCUT2D eigenvalue weighted by molar-refractivity contribution is -0.137. The van der Waals surface area contributed by atoms with Gasteiger partial charge in [-0.05, 0) is 25.7 Å². The lowest BCUT2D eigenvalue weighted by Crippen LogP contribution is -2.03. The number of aromatic nitrogens is 4. The van der Waals surface area contributed by atoms with E-state index in [0.717, 1.165) is 25.7 Å². The zero-order chi connectivity index (χ0) is 14.9. The van der Waals surface area contributed by atoms with Crippen LogP contribution in [0.4, 0.5) is 0 Å². The first kappa shape index (κ1) is 15.0. The maximum Gasteiger partial charge on any atom is 0.330 e. The standard InChI is InChI=1S/C14H18N4O3/c1-2-11(19)20-7-5-3-4-6-8-21-14-12-13(16-9-15-12)17-10-18-14/h2,9-10H,1,3-8H2,(H,15,16,17,18). The van der Waals surface area contributed by atoms with Crippen LogP contribution in [0.25, 0.3) is 11.2 Å². The quantitative estimate of drug-likeness (QED) is 0.431. The molecule has 21 heavy (non-hydrogen) atoms. The molecule has 2 aromatic heterocycles. The van der Waals surface area contributed by atoms with Crippen LogP contribution in [0, 0.1) is 0 Å². The van der Waals surface area contributed by atoms with Gasteiger partial charge in [0.05, 0.1) is 19.5 Å². The molecule has 2 rings (SSSR count). The number of carbonyl (C=O) groups excluding carboxylic acids is 1. The summed E-state index contributed by atoms with van der Waals surface area (Å²) in [6.07, 6.45) is 7.92. The average molecular weight is 290 g/mol. The molecule has 0 saturated carbocycles. The number of esters is 1. The molecule has 0 aliphatic rings. The third-order valence-corrected chi connectivity index (χ3v) is 2.88. The third-order valence-electron chi connectivity index (χ3n) is 2.88. The summed E-state index contributed by atoms with van der Waals surface area (Å²) in [5.74, 6) is 0.156. The van der Waals surface area contributed by atoms with Gasteiger partial charge in [0.25, 0.3) is 0 Å². The summed E-state index contributed by atoms with van der Waals surface area (Å²) in [7, 11) is 0. The number of aromatic amines is 1. The number of carbonyl (C=O) groups is 1. The fourth-order valence-corrected chi connectivity index (χ4v) is 1.81. The van der Waals surface area contributed by atoms with Gasteiger partial charge in [-0.15, -0.1) is 0 Å². The van der Waals surface area contributed by atoms with Gasteiger partial charge in [-0.1, -0.05) is 6.58 Å². The summed E-state index contributed by atoms with van der Waals surface area (Å²) >= 11 is 0. The Morgan fingerprint density at radius 2 is 2.00 bits per heavy atom. The highest BCUT2D eigenvalue weighted by molar-refractivity contribution is 5.81. The molecule has 0 spiro atoms. The van der Waals surface area contributed by atoms with Crippen LogP contribution in [0.3, 0.4) is 0 Å². The Morgan fingerprint density at radius 3 is 2.81 bits per heavy atom. The fraction of sp³-hybridized carbons (Fsp3) is 0.429. The summed E-state index contributed by atoms with van der Waals surface area (Å²) in [4.78, 5) is 25.9. The zero-order valence-electron chi connectivity index (χ0n) is 11.7. The lowest BCUT2D eigenvalue weighted by atomic mass is 10.2. The minimum atomic E-state index is -0.370. The van der Waals surface area contributed by atoms with Gasteiger partial charge in [-0.2, -0.15) is 4.98 Å². The Labute approximate surface area is 122 Å². The largest absolute Gasteiger partial charge is 0.476 e. The van der Waals surface area contributed by atoms with E-state index in [4.69, 9.17) is 9.47 Å². The van der Waals surface area contributed by atoms with Crippen molar-refractivity contribution in [3.8, 4) is 5.88 Å². The van der Waals surface area contributed by atoms with Crippen molar-refractivity contribution in [1.29, 1.82) is 0 Å². The molecule has 0 radical (unpaired) electrons. The van der Waals surface area contributed by atoms with E-state index in [0.29, 0.717) is 30.3 Å². The Balaban J connectivity index is 1.59. The van der Waals surface area contributed by atoms with Crippen molar-refractivity contribution in [3.63, 3.8) is 0 Å². The highest BCUT2D eigenvalue weighted by atomic mass is 16.5. The molecule has 2 aromatic rings. The van der Waals surface area contributed by atoms with Crippen molar-refractivity contribution in [1.82, 2.24) is 19.9 Å². The van der Waals surface area contributed by atoms with Crippen LogP contribution in [-0.4, -0.2) is 39.1 Å². The summed E-state index contributed by atoms with van der Waals surface area (Å²) in [5, 5.41) is 0. The van der Waals surface area contributed by atoms with Gasteiger partial charge < -0.3 is 14.5 Å². The highest BCUT2D eigenvalue weighted by Crippen LogP contribution is 2.17. The van der Waals surface area contributed by atoms with E-state index in [-0.39, 0.29) is 5.97 Å². The predicted octanol–water partition coefficient (Wildman–Crippen LogP) is 2.02. The van der Waals surface area contributed by atoms with Crippen molar-refractivity contribution in [3.05, 3.63) is 25.3 Å². The van der Waals surface area contributed by atoms with Crippen molar-refractivity contribution >= 4 is 17.1 Å². The van der Waals surface area contributed by atoms with Crippen molar-refractivity contribution in [2.75, 3.05) is 13.2 Å². The van der Waals surface area contributed by atoms with Crippen LogP contribution < -0.4 is 4.74 Å². The fourth-order valence-electron chi connectivity index (χ4n) is 1.81. The molecule has 0 saturated heterocycles. The molecule has 0 aromatic carbocycles. The molecule has 7 nitrogen and oxygen atoms in total. The number of nitrogens with zero attached hydrogens (tertiary/aromatic N) is 3. The van der Waals surface area contributed by atoms with Crippen molar-refractivity contribution in [2.24, 2.45) is 0 Å². The molecule has 7 heteroatoms. The number of H-pyrrole nitrogens is 1.